The highest BCUT2D eigenvalue weighted by atomic mass is 19.3. The first-order valence-electron chi connectivity index (χ1n) is 9.36. The number of carbonyl (C=O) groups is 1. The van der Waals surface area contributed by atoms with Crippen molar-refractivity contribution in [3.05, 3.63) is 35.9 Å². The Balaban J connectivity index is 1.63. The summed E-state index contributed by atoms with van der Waals surface area (Å²) in [4.78, 5) is 19.3. The molecule has 1 aliphatic heterocycles. The number of aryl methyl sites for hydroxylation is 1. The van der Waals surface area contributed by atoms with Gasteiger partial charge in [-0.05, 0) is 24.6 Å². The second kappa shape index (κ2) is 7.74. The molecule has 4 rings (SSSR count). The van der Waals surface area contributed by atoms with Crippen LogP contribution in [0.25, 0.3) is 5.52 Å². The molecule has 0 bridgehead atoms. The number of nitrogens with one attached hydrogen (secondary N) is 2. The first kappa shape index (κ1) is 19.2. The highest BCUT2D eigenvalue weighted by Gasteiger charge is 2.22. The predicted molar refractivity (Wildman–Crippen MR) is 103 cm³/mol. The Morgan fingerprint density at radius 1 is 1.34 bits per heavy atom. The van der Waals surface area contributed by atoms with Gasteiger partial charge in [-0.1, -0.05) is 6.92 Å². The SMILES string of the molecule is C[C@@H]1CNCCN(c2ncc3ccc(C(=O)Nc4cn(C)nc4C(F)F)n3n2)C1. The lowest BCUT2D eigenvalue weighted by Crippen LogP contribution is -2.31. The van der Waals surface area contributed by atoms with Gasteiger partial charge in [0.05, 0.1) is 17.4 Å². The lowest BCUT2D eigenvalue weighted by molar-refractivity contribution is 0.101. The van der Waals surface area contributed by atoms with Crippen molar-refractivity contribution in [3.63, 3.8) is 0 Å². The molecule has 0 radical (unpaired) electrons. The van der Waals surface area contributed by atoms with Gasteiger partial charge in [-0.2, -0.15) is 5.10 Å². The highest BCUT2D eigenvalue weighted by molar-refractivity contribution is 6.04. The molecule has 9 nitrogen and oxygen atoms in total. The van der Waals surface area contributed by atoms with Crippen LogP contribution < -0.4 is 15.5 Å². The van der Waals surface area contributed by atoms with Crippen LogP contribution in [0.2, 0.25) is 0 Å². The maximum Gasteiger partial charge on any atom is 0.284 e. The zero-order valence-electron chi connectivity index (χ0n) is 16.1. The summed E-state index contributed by atoms with van der Waals surface area (Å²) in [6, 6.07) is 3.30. The summed E-state index contributed by atoms with van der Waals surface area (Å²) in [5.41, 5.74) is 0.376. The molecule has 0 unspecified atom stereocenters. The lowest BCUT2D eigenvalue weighted by atomic mass is 10.2. The van der Waals surface area contributed by atoms with Crippen molar-refractivity contribution >= 4 is 23.1 Å². The number of rotatable bonds is 4. The van der Waals surface area contributed by atoms with Gasteiger partial charge in [0, 0.05) is 32.9 Å². The molecule has 1 saturated heterocycles. The average molecular weight is 404 g/mol. The molecule has 154 valence electrons. The monoisotopic (exact) mass is 404 g/mol. The number of carbonyl (C=O) groups excluding carboxylic acids is 1. The van der Waals surface area contributed by atoms with E-state index in [1.54, 1.807) is 18.3 Å². The fourth-order valence-electron chi connectivity index (χ4n) is 3.44. The molecule has 0 aromatic carbocycles. The third kappa shape index (κ3) is 3.90. The van der Waals surface area contributed by atoms with E-state index in [0.29, 0.717) is 17.4 Å². The van der Waals surface area contributed by atoms with E-state index < -0.39 is 18.0 Å². The summed E-state index contributed by atoms with van der Waals surface area (Å²) >= 11 is 0. The fourth-order valence-corrected chi connectivity index (χ4v) is 3.44. The second-order valence-corrected chi connectivity index (χ2v) is 7.23. The van der Waals surface area contributed by atoms with Crippen LogP contribution in [-0.4, -0.2) is 56.5 Å². The highest BCUT2D eigenvalue weighted by Crippen LogP contribution is 2.25. The number of nitrogens with zero attached hydrogens (tertiary/aromatic N) is 6. The molecule has 3 aromatic rings. The number of aromatic nitrogens is 5. The van der Waals surface area contributed by atoms with Gasteiger partial charge in [0.2, 0.25) is 5.95 Å². The molecule has 0 spiro atoms. The zero-order valence-corrected chi connectivity index (χ0v) is 16.1. The number of alkyl halides is 2. The quantitative estimate of drug-likeness (QED) is 0.688. The van der Waals surface area contributed by atoms with E-state index in [-0.39, 0.29) is 11.4 Å². The van der Waals surface area contributed by atoms with Crippen molar-refractivity contribution in [1.82, 2.24) is 29.7 Å². The molecule has 1 aliphatic rings. The van der Waals surface area contributed by atoms with E-state index in [9.17, 15) is 13.6 Å². The minimum atomic E-state index is -2.79. The summed E-state index contributed by atoms with van der Waals surface area (Å²) < 4.78 is 29.0. The average Bonchev–Trinajstić information content (AvgIpc) is 3.19. The third-order valence-electron chi connectivity index (χ3n) is 4.80. The van der Waals surface area contributed by atoms with Crippen molar-refractivity contribution in [2.45, 2.75) is 13.3 Å². The number of halogens is 2. The van der Waals surface area contributed by atoms with Crippen molar-refractivity contribution in [1.29, 1.82) is 0 Å². The Labute approximate surface area is 165 Å². The molecule has 1 atom stereocenters. The Kier molecular flexibility index (Phi) is 5.14. The largest absolute Gasteiger partial charge is 0.338 e. The maximum atomic E-state index is 13.1. The van der Waals surface area contributed by atoms with Crippen LogP contribution in [0.15, 0.2) is 24.5 Å². The van der Waals surface area contributed by atoms with Crippen LogP contribution in [0.3, 0.4) is 0 Å². The van der Waals surface area contributed by atoms with E-state index in [0.717, 1.165) is 26.2 Å². The molecular weight excluding hydrogens is 382 g/mol. The van der Waals surface area contributed by atoms with Crippen molar-refractivity contribution < 1.29 is 13.6 Å². The molecule has 0 aliphatic carbocycles. The van der Waals surface area contributed by atoms with Gasteiger partial charge in [-0.25, -0.2) is 18.3 Å². The molecule has 4 heterocycles. The minimum Gasteiger partial charge on any atom is -0.338 e. The smallest absolute Gasteiger partial charge is 0.284 e. The van der Waals surface area contributed by atoms with Crippen LogP contribution in [0, 0.1) is 5.92 Å². The molecule has 2 N–H and O–H groups in total. The van der Waals surface area contributed by atoms with E-state index in [1.807, 2.05) is 0 Å². The summed E-state index contributed by atoms with van der Waals surface area (Å²) in [5, 5.41) is 14.1. The van der Waals surface area contributed by atoms with Crippen LogP contribution in [-0.2, 0) is 7.05 Å². The predicted octanol–water partition coefficient (Wildman–Crippen LogP) is 1.70. The molecule has 0 saturated carbocycles. The van der Waals surface area contributed by atoms with Crippen LogP contribution in [0.4, 0.5) is 20.4 Å². The van der Waals surface area contributed by atoms with E-state index >= 15 is 0 Å². The Hall–Kier alpha value is -3.08. The van der Waals surface area contributed by atoms with Crippen molar-refractivity contribution in [2.24, 2.45) is 13.0 Å². The van der Waals surface area contributed by atoms with Crippen molar-refractivity contribution in [3.8, 4) is 0 Å². The molecule has 1 amide bonds. The summed E-state index contributed by atoms with van der Waals surface area (Å²) in [5.74, 6) is 0.408. The molecule has 1 fully saturated rings. The summed E-state index contributed by atoms with van der Waals surface area (Å²) in [6.45, 7) is 5.45. The number of hydrogen-bond acceptors (Lipinski definition) is 6. The number of anilines is 2. The standard InChI is InChI=1S/C18H22F2N8O/c1-11-7-21-5-6-27(9-11)18-22-8-12-3-4-14(28(12)25-18)17(29)23-13-10-26(2)24-15(13)16(19)20/h3-4,8,10-11,16,21H,5-7,9H2,1-2H3,(H,23,29)/t11-/m1/s1. The van der Waals surface area contributed by atoms with Gasteiger partial charge >= 0.3 is 0 Å². The number of fused-ring (bicyclic) bond motifs is 1. The van der Waals surface area contributed by atoms with Crippen LogP contribution in [0.5, 0.6) is 0 Å². The topological polar surface area (TPSA) is 92.4 Å². The van der Waals surface area contributed by atoms with Gasteiger partial charge in [0.15, 0.2) is 5.69 Å². The number of hydrogen-bond donors (Lipinski definition) is 2. The Bertz CT molecular complexity index is 1030. The molecule has 3 aromatic heterocycles. The number of amides is 1. The van der Waals surface area contributed by atoms with Gasteiger partial charge in [0.25, 0.3) is 12.3 Å². The van der Waals surface area contributed by atoms with Gasteiger partial charge in [-0.3, -0.25) is 9.48 Å². The van der Waals surface area contributed by atoms with E-state index in [2.05, 4.69) is 37.6 Å². The van der Waals surface area contributed by atoms with Crippen molar-refractivity contribution in [2.75, 3.05) is 36.4 Å². The lowest BCUT2D eigenvalue weighted by Gasteiger charge is -2.22. The van der Waals surface area contributed by atoms with Gasteiger partial charge < -0.3 is 15.5 Å². The van der Waals surface area contributed by atoms with Gasteiger partial charge in [0.1, 0.15) is 5.69 Å². The molecule has 11 heteroatoms. The Morgan fingerprint density at radius 2 is 2.17 bits per heavy atom. The van der Waals surface area contributed by atoms with Gasteiger partial charge in [-0.15, -0.1) is 5.10 Å². The summed E-state index contributed by atoms with van der Waals surface area (Å²) in [7, 11) is 1.52. The Morgan fingerprint density at radius 3 is 2.97 bits per heavy atom. The second-order valence-electron chi connectivity index (χ2n) is 7.23. The first-order chi connectivity index (χ1) is 13.9. The van der Waals surface area contributed by atoms with E-state index in [1.165, 1.54) is 22.4 Å². The maximum absolute atomic E-state index is 13.1. The molecular formula is C18H22F2N8O. The van der Waals surface area contributed by atoms with E-state index in [4.69, 9.17) is 0 Å². The minimum absolute atomic E-state index is 0.0239. The normalized spacial score (nSPS) is 17.7. The summed E-state index contributed by atoms with van der Waals surface area (Å²) in [6.07, 6.45) is 0.209. The van der Waals surface area contributed by atoms with Crippen LogP contribution >= 0.6 is 0 Å². The molecule has 29 heavy (non-hydrogen) atoms. The fraction of sp³-hybridized carbons (Fsp3) is 0.444. The third-order valence-corrected chi connectivity index (χ3v) is 4.80. The first-order valence-corrected chi connectivity index (χ1v) is 9.36. The van der Waals surface area contributed by atoms with Crippen LogP contribution in [0.1, 0.15) is 29.5 Å². The zero-order chi connectivity index (χ0) is 20.5.